The number of unbranched alkanes of at least 4 members (excludes halogenated alkanes) is 2. The largest absolute Gasteiger partial charge is 1.00 e. The van der Waals surface area contributed by atoms with Gasteiger partial charge in [0, 0.05) is 28.2 Å². The predicted octanol–water partition coefficient (Wildman–Crippen LogP) is 4.88. The Kier molecular flexibility index (Phi) is 21.0. The second kappa shape index (κ2) is 20.3. The van der Waals surface area contributed by atoms with E-state index in [0.717, 1.165) is 51.4 Å². The molecule has 0 aromatic heterocycles. The Bertz CT molecular complexity index is 753. The SMILES string of the molecule is C=CC(=O)OCCCC.CC1(C)CCCC(C)(C)N1O.CCCCOC(=O)C(C)CON1C(C)(C)CCCC1(C)C.[I-]. The van der Waals surface area contributed by atoms with Gasteiger partial charge in [-0.1, -0.05) is 33.3 Å². The van der Waals surface area contributed by atoms with Gasteiger partial charge in [0.05, 0.1) is 25.7 Å². The van der Waals surface area contributed by atoms with Crippen molar-refractivity contribution in [3.05, 3.63) is 12.7 Å². The lowest BCUT2D eigenvalue weighted by Gasteiger charge is -2.51. The lowest BCUT2D eigenvalue weighted by molar-refractivity contribution is -0.285. The van der Waals surface area contributed by atoms with Crippen molar-refractivity contribution in [3.8, 4) is 0 Å². The first-order valence-electron chi connectivity index (χ1n) is 15.8. The van der Waals surface area contributed by atoms with Gasteiger partial charge in [-0.3, -0.25) is 9.63 Å². The van der Waals surface area contributed by atoms with Crippen LogP contribution in [0.3, 0.4) is 0 Å². The Labute approximate surface area is 275 Å². The topological polar surface area (TPSA) is 88.5 Å². The second-order valence-electron chi connectivity index (χ2n) is 14.0. The minimum atomic E-state index is -0.330. The van der Waals surface area contributed by atoms with E-state index in [0.29, 0.717) is 19.8 Å². The van der Waals surface area contributed by atoms with Crippen LogP contribution in [0, 0.1) is 5.92 Å². The Balaban J connectivity index is 0. The summed E-state index contributed by atoms with van der Waals surface area (Å²) in [6.45, 7) is 27.9. The highest BCUT2D eigenvalue weighted by Gasteiger charge is 2.43. The van der Waals surface area contributed by atoms with Crippen LogP contribution in [0.4, 0.5) is 0 Å². The molecule has 1 N–H and O–H groups in total. The van der Waals surface area contributed by atoms with Gasteiger partial charge in [-0.05, 0) is 114 Å². The van der Waals surface area contributed by atoms with Crippen molar-refractivity contribution in [2.45, 2.75) is 163 Å². The molecule has 1 atom stereocenters. The van der Waals surface area contributed by atoms with Crippen molar-refractivity contribution < 1.29 is 53.1 Å². The minimum Gasteiger partial charge on any atom is -1.00 e. The van der Waals surface area contributed by atoms with Gasteiger partial charge in [0.25, 0.3) is 0 Å². The molecule has 0 radical (unpaired) electrons. The highest BCUT2D eigenvalue weighted by atomic mass is 127. The lowest BCUT2D eigenvalue weighted by Crippen LogP contribution is -3.00. The van der Waals surface area contributed by atoms with Crippen LogP contribution in [0.5, 0.6) is 0 Å². The molecule has 42 heavy (non-hydrogen) atoms. The third-order valence-electron chi connectivity index (χ3n) is 7.91. The lowest BCUT2D eigenvalue weighted by atomic mass is 9.82. The number of hydrogen-bond acceptors (Lipinski definition) is 8. The standard InChI is InChI=1S/C17H33NO3.C9H19NO.C7H12O2.HI/c1-7-8-12-20-15(19)14(2)13-21-18-16(3,4)10-9-11-17(18,5)6;1-8(2)6-5-7-9(3,4)10(8)11;1-3-5-6-9-7(8)4-2;/h14H,7-13H2,1-6H3;11H,5-7H2,1-4H3;4H,2-3,5-6H2,1H3;1H/p-1. The number of nitrogens with zero attached hydrogens (tertiary/aromatic N) is 2. The molecule has 2 fully saturated rings. The number of hydroxylamine groups is 4. The Morgan fingerprint density at radius 2 is 1.21 bits per heavy atom. The summed E-state index contributed by atoms with van der Waals surface area (Å²) < 4.78 is 9.93. The zero-order valence-electron chi connectivity index (χ0n) is 28.8. The molecule has 0 spiro atoms. The Morgan fingerprint density at radius 1 is 0.810 bits per heavy atom. The predicted molar refractivity (Wildman–Crippen MR) is 167 cm³/mol. The summed E-state index contributed by atoms with van der Waals surface area (Å²) in [5.74, 6) is -0.713. The molecule has 2 aliphatic rings. The maximum atomic E-state index is 11.9. The molecule has 0 saturated carbocycles. The van der Waals surface area contributed by atoms with Crippen LogP contribution in [0.1, 0.15) is 140 Å². The molecule has 2 rings (SSSR count). The summed E-state index contributed by atoms with van der Waals surface area (Å²) >= 11 is 0. The molecule has 0 amide bonds. The van der Waals surface area contributed by atoms with Gasteiger partial charge >= 0.3 is 11.9 Å². The van der Waals surface area contributed by atoms with Crippen LogP contribution < -0.4 is 24.0 Å². The molecule has 2 saturated heterocycles. The van der Waals surface area contributed by atoms with Crippen molar-refractivity contribution in [2.75, 3.05) is 19.8 Å². The minimum absolute atomic E-state index is 0. The maximum Gasteiger partial charge on any atom is 0.330 e. The zero-order valence-corrected chi connectivity index (χ0v) is 31.0. The highest BCUT2D eigenvalue weighted by Crippen LogP contribution is 2.38. The smallest absolute Gasteiger partial charge is 0.330 e. The fourth-order valence-corrected chi connectivity index (χ4v) is 5.40. The second-order valence-corrected chi connectivity index (χ2v) is 14.0. The molecular formula is C33H64IN2O6-. The first kappa shape index (κ1) is 43.4. The van der Waals surface area contributed by atoms with Crippen LogP contribution in [-0.2, 0) is 23.9 Å². The van der Waals surface area contributed by atoms with Crippen LogP contribution in [0.15, 0.2) is 12.7 Å². The molecule has 2 heterocycles. The first-order valence-corrected chi connectivity index (χ1v) is 15.8. The van der Waals surface area contributed by atoms with Crippen LogP contribution in [0.25, 0.3) is 0 Å². The van der Waals surface area contributed by atoms with Crippen LogP contribution in [-0.4, -0.2) is 69.2 Å². The number of esters is 2. The number of rotatable bonds is 11. The summed E-state index contributed by atoms with van der Waals surface area (Å²) in [5, 5.41) is 13.4. The molecule has 0 aliphatic carbocycles. The molecule has 2 aliphatic heterocycles. The quantitative estimate of drug-likeness (QED) is 0.141. The van der Waals surface area contributed by atoms with E-state index >= 15 is 0 Å². The summed E-state index contributed by atoms with van der Waals surface area (Å²) in [6, 6.07) is 0. The fourth-order valence-electron chi connectivity index (χ4n) is 5.40. The van der Waals surface area contributed by atoms with Gasteiger partial charge in [-0.2, -0.15) is 10.1 Å². The third kappa shape index (κ3) is 15.8. The maximum absolute atomic E-state index is 11.9. The van der Waals surface area contributed by atoms with E-state index in [4.69, 9.17) is 9.57 Å². The van der Waals surface area contributed by atoms with E-state index in [9.17, 15) is 14.8 Å². The molecule has 0 aromatic rings. The van der Waals surface area contributed by atoms with Gasteiger partial charge < -0.3 is 38.7 Å². The summed E-state index contributed by atoms with van der Waals surface area (Å²) in [4.78, 5) is 28.3. The van der Waals surface area contributed by atoms with Crippen molar-refractivity contribution >= 4 is 11.9 Å². The third-order valence-corrected chi connectivity index (χ3v) is 7.91. The monoisotopic (exact) mass is 711 g/mol. The number of carbonyl (C=O) groups excluding carboxylic acids is 2. The zero-order chi connectivity index (χ0) is 31.9. The van der Waals surface area contributed by atoms with E-state index in [-0.39, 0.29) is 64.0 Å². The van der Waals surface area contributed by atoms with Gasteiger partial charge in [0.2, 0.25) is 0 Å². The molecule has 250 valence electrons. The average Bonchev–Trinajstić information content (AvgIpc) is 2.87. The van der Waals surface area contributed by atoms with E-state index in [1.54, 1.807) is 0 Å². The molecule has 0 aromatic carbocycles. The fraction of sp³-hybridized carbons (Fsp3) is 0.879. The normalized spacial score (nSPS) is 21.1. The molecule has 1 unspecified atom stereocenters. The molecule has 9 heteroatoms. The number of carbonyl (C=O) groups is 2. The Morgan fingerprint density at radius 3 is 1.60 bits per heavy atom. The molecule has 8 nitrogen and oxygen atoms in total. The van der Waals surface area contributed by atoms with E-state index in [2.05, 4.69) is 78.7 Å². The van der Waals surface area contributed by atoms with Gasteiger partial charge in [-0.15, -0.1) is 0 Å². The van der Waals surface area contributed by atoms with E-state index in [1.807, 2.05) is 13.8 Å². The van der Waals surface area contributed by atoms with Crippen molar-refractivity contribution in [1.29, 1.82) is 0 Å². The van der Waals surface area contributed by atoms with Gasteiger partial charge in [0.15, 0.2) is 0 Å². The van der Waals surface area contributed by atoms with Crippen molar-refractivity contribution in [3.63, 3.8) is 0 Å². The summed E-state index contributed by atoms with van der Waals surface area (Å²) in [6.07, 6.45) is 12.0. The average molecular weight is 712 g/mol. The van der Waals surface area contributed by atoms with Crippen molar-refractivity contribution in [1.82, 2.24) is 10.1 Å². The van der Waals surface area contributed by atoms with Crippen LogP contribution >= 0.6 is 0 Å². The highest BCUT2D eigenvalue weighted by molar-refractivity contribution is 5.81. The molecular weight excluding hydrogens is 647 g/mol. The number of piperidine rings is 2. The number of hydrogen-bond donors (Lipinski definition) is 1. The van der Waals surface area contributed by atoms with Crippen LogP contribution in [0.2, 0.25) is 0 Å². The molecule has 0 bridgehead atoms. The van der Waals surface area contributed by atoms with E-state index in [1.165, 1.54) is 24.0 Å². The van der Waals surface area contributed by atoms with E-state index < -0.39 is 0 Å². The number of ether oxygens (including phenoxy) is 2. The first-order chi connectivity index (χ1) is 18.9. The van der Waals surface area contributed by atoms with Crippen molar-refractivity contribution in [2.24, 2.45) is 5.92 Å². The Hall–Kier alpha value is -0.750. The van der Waals surface area contributed by atoms with Gasteiger partial charge in [0.1, 0.15) is 0 Å². The van der Waals surface area contributed by atoms with Gasteiger partial charge in [-0.25, -0.2) is 4.79 Å². The summed E-state index contributed by atoms with van der Waals surface area (Å²) in [5.41, 5.74) is -0.0648. The number of halogens is 1. The summed E-state index contributed by atoms with van der Waals surface area (Å²) in [7, 11) is 0.